The van der Waals surface area contributed by atoms with E-state index in [4.69, 9.17) is 9.84 Å². The van der Waals surface area contributed by atoms with Crippen LogP contribution in [0.5, 0.6) is 0 Å². The van der Waals surface area contributed by atoms with Crippen LogP contribution in [0.4, 0.5) is 10.2 Å². The molecule has 0 aliphatic carbocycles. The third kappa shape index (κ3) is 5.71. The number of amides is 2. The minimum Gasteiger partial charge on any atom is -0.376 e. The fraction of sp³-hybridized carbons (Fsp3) is 0.303. The summed E-state index contributed by atoms with van der Waals surface area (Å²) < 4.78 is 21.5. The van der Waals surface area contributed by atoms with E-state index < -0.39 is 0 Å². The van der Waals surface area contributed by atoms with Crippen molar-refractivity contribution in [3.8, 4) is 16.9 Å². The Kier molecular flexibility index (Phi) is 8.13. The van der Waals surface area contributed by atoms with Crippen molar-refractivity contribution in [1.29, 1.82) is 0 Å². The predicted octanol–water partition coefficient (Wildman–Crippen LogP) is 5.76. The molecular formula is C33H33FN4O3S. The molecule has 2 atom stereocenters. The van der Waals surface area contributed by atoms with Gasteiger partial charge in [-0.05, 0) is 56.0 Å². The summed E-state index contributed by atoms with van der Waals surface area (Å²) in [6.45, 7) is 5.01. The summed E-state index contributed by atoms with van der Waals surface area (Å²) in [4.78, 5) is 28.8. The lowest BCUT2D eigenvalue weighted by molar-refractivity contribution is -0.123. The number of rotatable bonds is 7. The van der Waals surface area contributed by atoms with Gasteiger partial charge >= 0.3 is 0 Å². The normalized spacial score (nSPS) is 18.5. The lowest BCUT2D eigenvalue weighted by Gasteiger charge is -2.24. The third-order valence-corrected chi connectivity index (χ3v) is 9.00. The van der Waals surface area contributed by atoms with Gasteiger partial charge in [0, 0.05) is 24.3 Å². The number of fused-ring (bicyclic) bond motifs is 1. The standard InChI is InChI=1S/C33H33FN4O3S/c1-21-10-15-27(22(2)17-21)38-33-30(31(36-38)23-7-4-3-5-8-23)32(24-11-13-25(34)14-12-24)42-20-29(40)37(33)19-28(39)35-18-26-9-6-16-41-26/h3-5,7-8,10-15,17,26,32H,6,9,16,18-20H2,1-2H3,(H,35,39)/t26-,32+/m1/s1. The van der Waals surface area contributed by atoms with Gasteiger partial charge in [0.1, 0.15) is 18.2 Å². The number of thioether (sulfide) groups is 1. The number of hydrogen-bond acceptors (Lipinski definition) is 5. The summed E-state index contributed by atoms with van der Waals surface area (Å²) in [6.07, 6.45) is 1.88. The van der Waals surface area contributed by atoms with Crippen molar-refractivity contribution in [2.75, 3.05) is 30.3 Å². The maximum Gasteiger partial charge on any atom is 0.240 e. The number of nitrogens with zero attached hydrogens (tertiary/aromatic N) is 3. The zero-order valence-electron chi connectivity index (χ0n) is 23.7. The van der Waals surface area contributed by atoms with Crippen molar-refractivity contribution in [2.45, 2.75) is 38.0 Å². The zero-order valence-corrected chi connectivity index (χ0v) is 24.5. The van der Waals surface area contributed by atoms with Gasteiger partial charge in [0.05, 0.1) is 28.5 Å². The number of nitrogens with one attached hydrogen (secondary N) is 1. The van der Waals surface area contributed by atoms with Gasteiger partial charge in [-0.1, -0.05) is 60.2 Å². The van der Waals surface area contributed by atoms with Gasteiger partial charge in [0.15, 0.2) is 0 Å². The van der Waals surface area contributed by atoms with E-state index in [9.17, 15) is 14.0 Å². The van der Waals surface area contributed by atoms with Crippen LogP contribution < -0.4 is 10.2 Å². The van der Waals surface area contributed by atoms with Gasteiger partial charge in [0.2, 0.25) is 11.8 Å². The summed E-state index contributed by atoms with van der Waals surface area (Å²) in [5, 5.41) is 7.80. The first-order valence-corrected chi connectivity index (χ1v) is 15.3. The molecule has 216 valence electrons. The third-order valence-electron chi connectivity index (χ3n) is 7.74. The van der Waals surface area contributed by atoms with Crippen molar-refractivity contribution in [3.05, 3.63) is 101 Å². The van der Waals surface area contributed by atoms with Crippen LogP contribution in [0.2, 0.25) is 0 Å². The number of halogens is 1. The average Bonchev–Trinajstić information content (AvgIpc) is 3.62. The molecule has 0 spiro atoms. The minimum atomic E-state index is -0.326. The number of ether oxygens (including phenoxy) is 1. The van der Waals surface area contributed by atoms with Gasteiger partial charge in [-0.15, -0.1) is 11.8 Å². The van der Waals surface area contributed by atoms with E-state index >= 15 is 0 Å². The Bertz CT molecular complexity index is 1600. The molecule has 9 heteroatoms. The molecule has 3 aromatic carbocycles. The summed E-state index contributed by atoms with van der Waals surface area (Å²) in [7, 11) is 0. The molecule has 1 N–H and O–H groups in total. The van der Waals surface area contributed by atoms with E-state index in [1.54, 1.807) is 21.7 Å². The number of aromatic nitrogens is 2. The highest BCUT2D eigenvalue weighted by molar-refractivity contribution is 8.00. The smallest absolute Gasteiger partial charge is 0.240 e. The molecule has 3 heterocycles. The van der Waals surface area contributed by atoms with Crippen molar-refractivity contribution < 1.29 is 18.7 Å². The maximum atomic E-state index is 14.0. The lowest BCUT2D eigenvalue weighted by Crippen LogP contribution is -2.44. The molecule has 2 aliphatic rings. The summed E-state index contributed by atoms with van der Waals surface area (Å²) in [5.74, 6) is -0.0742. The van der Waals surface area contributed by atoms with Gasteiger partial charge in [-0.25, -0.2) is 9.07 Å². The Balaban J connectivity index is 1.53. The molecular weight excluding hydrogens is 551 g/mol. The molecule has 4 aromatic rings. The van der Waals surface area contributed by atoms with Crippen LogP contribution in [0, 0.1) is 19.7 Å². The van der Waals surface area contributed by atoms with Crippen molar-refractivity contribution >= 4 is 29.4 Å². The van der Waals surface area contributed by atoms with E-state index in [1.165, 1.54) is 23.9 Å². The van der Waals surface area contributed by atoms with Gasteiger partial charge in [-0.3, -0.25) is 14.5 Å². The molecule has 1 fully saturated rings. The Morgan fingerprint density at radius 3 is 2.60 bits per heavy atom. The van der Waals surface area contributed by atoms with Crippen LogP contribution in [0.25, 0.3) is 16.9 Å². The van der Waals surface area contributed by atoms with E-state index in [0.29, 0.717) is 24.7 Å². The molecule has 1 aromatic heterocycles. The Morgan fingerprint density at radius 1 is 1.10 bits per heavy atom. The van der Waals surface area contributed by atoms with E-state index in [2.05, 4.69) is 11.4 Å². The zero-order chi connectivity index (χ0) is 29.2. The van der Waals surface area contributed by atoms with Gasteiger partial charge in [-0.2, -0.15) is 5.10 Å². The van der Waals surface area contributed by atoms with Crippen LogP contribution in [-0.2, 0) is 14.3 Å². The van der Waals surface area contributed by atoms with Crippen LogP contribution in [0.3, 0.4) is 0 Å². The SMILES string of the molecule is Cc1ccc(-n2nc(-c3ccccc3)c3c2N(CC(=O)NC[C@H]2CCCO2)C(=O)CS[C@H]3c2ccc(F)cc2)c(C)c1. The minimum absolute atomic E-state index is 0.00632. The van der Waals surface area contributed by atoms with Crippen molar-refractivity contribution in [1.82, 2.24) is 15.1 Å². The van der Waals surface area contributed by atoms with Crippen molar-refractivity contribution in [3.63, 3.8) is 0 Å². The molecule has 1 saturated heterocycles. The monoisotopic (exact) mass is 584 g/mol. The molecule has 0 bridgehead atoms. The van der Waals surface area contributed by atoms with Crippen LogP contribution in [0.1, 0.15) is 40.3 Å². The van der Waals surface area contributed by atoms with E-state index in [1.807, 2.05) is 56.3 Å². The summed E-state index contributed by atoms with van der Waals surface area (Å²) in [5.41, 5.74) is 6.20. The number of benzene rings is 3. The molecule has 2 amide bonds. The Labute approximate surface area is 249 Å². The number of aryl methyl sites for hydroxylation is 2. The molecule has 0 saturated carbocycles. The molecule has 6 rings (SSSR count). The molecule has 7 nitrogen and oxygen atoms in total. The fourth-order valence-corrected chi connectivity index (χ4v) is 6.87. The first-order valence-electron chi connectivity index (χ1n) is 14.2. The van der Waals surface area contributed by atoms with Crippen molar-refractivity contribution in [2.24, 2.45) is 0 Å². The quantitative estimate of drug-likeness (QED) is 0.299. The molecule has 0 unspecified atom stereocenters. The largest absolute Gasteiger partial charge is 0.376 e. The Morgan fingerprint density at radius 2 is 1.88 bits per heavy atom. The molecule has 42 heavy (non-hydrogen) atoms. The predicted molar refractivity (Wildman–Crippen MR) is 164 cm³/mol. The first-order chi connectivity index (χ1) is 20.4. The second kappa shape index (κ2) is 12.1. The van der Waals surface area contributed by atoms with Gasteiger partial charge in [0.25, 0.3) is 0 Å². The second-order valence-corrected chi connectivity index (χ2v) is 11.9. The highest BCUT2D eigenvalue weighted by Gasteiger charge is 2.38. The highest BCUT2D eigenvalue weighted by atomic mass is 32.2. The van der Waals surface area contributed by atoms with Crippen LogP contribution >= 0.6 is 11.8 Å². The number of carbonyl (C=O) groups excluding carboxylic acids is 2. The molecule has 0 radical (unpaired) electrons. The fourth-order valence-electron chi connectivity index (χ4n) is 5.67. The van der Waals surface area contributed by atoms with E-state index in [0.717, 1.165) is 46.3 Å². The summed E-state index contributed by atoms with van der Waals surface area (Å²) >= 11 is 1.46. The van der Waals surface area contributed by atoms with Crippen LogP contribution in [-0.4, -0.2) is 53.1 Å². The second-order valence-electron chi connectivity index (χ2n) is 10.8. The lowest BCUT2D eigenvalue weighted by atomic mass is 9.99. The highest BCUT2D eigenvalue weighted by Crippen LogP contribution is 2.48. The maximum absolute atomic E-state index is 14.0. The number of anilines is 1. The number of carbonyl (C=O) groups is 2. The topological polar surface area (TPSA) is 76.5 Å². The average molecular weight is 585 g/mol. The van der Waals surface area contributed by atoms with E-state index in [-0.39, 0.29) is 41.3 Å². The van der Waals surface area contributed by atoms with Crippen LogP contribution in [0.15, 0.2) is 72.8 Å². The van der Waals surface area contributed by atoms with Gasteiger partial charge < -0.3 is 10.1 Å². The summed E-state index contributed by atoms with van der Waals surface area (Å²) in [6, 6.07) is 22.3. The molecule has 2 aliphatic heterocycles. The number of hydrogen-bond donors (Lipinski definition) is 1. The Hall–Kier alpha value is -3.95. The first kappa shape index (κ1) is 28.2.